The number of nitrogens with zero attached hydrogens (tertiary/aromatic N) is 1. The third kappa shape index (κ3) is 2.28. The van der Waals surface area contributed by atoms with Crippen molar-refractivity contribution < 1.29 is 19.1 Å². The highest BCUT2D eigenvalue weighted by atomic mass is 16.7. The maximum atomic E-state index is 12.2. The summed E-state index contributed by atoms with van der Waals surface area (Å²) in [5, 5.41) is 2.69. The maximum Gasteiger partial charge on any atom is 0.324 e. The molecule has 0 radical (unpaired) electrons. The molecule has 1 aliphatic rings. The molecule has 1 atom stereocenters. The van der Waals surface area contributed by atoms with E-state index in [0.29, 0.717) is 6.42 Å². The number of imide groups is 1. The molecule has 0 aromatic rings. The van der Waals surface area contributed by atoms with Crippen LogP contribution in [0.2, 0.25) is 0 Å². The Balaban J connectivity index is 3.02. The number of unbranched alkanes of at least 4 members (excludes halogenated alkanes) is 1. The lowest BCUT2D eigenvalue weighted by atomic mass is 9.91. The van der Waals surface area contributed by atoms with Gasteiger partial charge in [0.05, 0.1) is 0 Å². The number of likely N-dealkylation sites (N-methyl/N-ethyl adjacent to an activating group) is 1. The third-order valence-electron chi connectivity index (χ3n) is 3.08. The highest BCUT2D eigenvalue weighted by molar-refractivity contribution is 6.07. The Bertz CT molecular complexity index is 304. The molecule has 0 bridgehead atoms. The van der Waals surface area contributed by atoms with Crippen molar-refractivity contribution in [1.29, 1.82) is 0 Å². The molecule has 0 aromatic heterocycles. The van der Waals surface area contributed by atoms with Crippen molar-refractivity contribution in [3.8, 4) is 0 Å². The topological polar surface area (TPSA) is 67.9 Å². The van der Waals surface area contributed by atoms with Gasteiger partial charge in [-0.2, -0.15) is 0 Å². The normalized spacial score (nSPS) is 24.6. The quantitative estimate of drug-likeness (QED) is 0.552. The van der Waals surface area contributed by atoms with Gasteiger partial charge in [0, 0.05) is 21.3 Å². The number of nitrogens with one attached hydrogen (secondary N) is 1. The number of hydrogen-bond acceptors (Lipinski definition) is 4. The number of hydrogen-bond donors (Lipinski definition) is 1. The number of ether oxygens (including phenoxy) is 2. The lowest BCUT2D eigenvalue weighted by molar-refractivity contribution is -0.169. The van der Waals surface area contributed by atoms with Gasteiger partial charge in [0.1, 0.15) is 0 Å². The zero-order valence-corrected chi connectivity index (χ0v) is 10.8. The molecule has 0 saturated carbocycles. The van der Waals surface area contributed by atoms with E-state index >= 15 is 0 Å². The van der Waals surface area contributed by atoms with Gasteiger partial charge in [0.25, 0.3) is 5.91 Å². The lowest BCUT2D eigenvalue weighted by Crippen LogP contribution is -2.57. The molecule has 6 heteroatoms. The number of urea groups is 1. The van der Waals surface area contributed by atoms with Gasteiger partial charge in [-0.3, -0.25) is 9.69 Å². The molecule has 1 saturated heterocycles. The summed E-state index contributed by atoms with van der Waals surface area (Å²) in [6.07, 6.45) is 1.47. The Morgan fingerprint density at radius 2 is 1.94 bits per heavy atom. The Morgan fingerprint density at radius 3 is 2.29 bits per heavy atom. The van der Waals surface area contributed by atoms with Crippen molar-refractivity contribution >= 4 is 11.9 Å². The van der Waals surface area contributed by atoms with Crippen LogP contribution in [0.15, 0.2) is 0 Å². The van der Waals surface area contributed by atoms with E-state index in [1.807, 2.05) is 6.92 Å². The van der Waals surface area contributed by atoms with Crippen LogP contribution in [0.3, 0.4) is 0 Å². The van der Waals surface area contributed by atoms with Gasteiger partial charge in [0.15, 0.2) is 11.8 Å². The summed E-state index contributed by atoms with van der Waals surface area (Å²) >= 11 is 0. The maximum absolute atomic E-state index is 12.2. The summed E-state index contributed by atoms with van der Waals surface area (Å²) in [6.45, 7) is 2.02. The van der Waals surface area contributed by atoms with Gasteiger partial charge in [-0.25, -0.2) is 4.79 Å². The van der Waals surface area contributed by atoms with E-state index in [1.165, 1.54) is 21.3 Å². The van der Waals surface area contributed by atoms with Crippen LogP contribution >= 0.6 is 0 Å². The van der Waals surface area contributed by atoms with Crippen molar-refractivity contribution in [2.45, 2.75) is 38.0 Å². The van der Waals surface area contributed by atoms with Crippen LogP contribution in [0.4, 0.5) is 4.79 Å². The fourth-order valence-corrected chi connectivity index (χ4v) is 2.12. The van der Waals surface area contributed by atoms with E-state index in [-0.39, 0.29) is 5.91 Å². The first-order chi connectivity index (χ1) is 8.03. The van der Waals surface area contributed by atoms with Crippen molar-refractivity contribution in [1.82, 2.24) is 10.2 Å². The van der Waals surface area contributed by atoms with Gasteiger partial charge in [-0.1, -0.05) is 19.8 Å². The largest absolute Gasteiger partial charge is 0.353 e. The number of amides is 3. The molecule has 0 aromatic carbocycles. The average Bonchev–Trinajstić information content (AvgIpc) is 2.54. The van der Waals surface area contributed by atoms with Crippen LogP contribution in [-0.4, -0.2) is 49.9 Å². The number of methoxy groups -OCH3 is 2. The molecule has 1 N–H and O–H groups in total. The summed E-state index contributed by atoms with van der Waals surface area (Å²) in [6, 6.07) is -0.412. The van der Waals surface area contributed by atoms with Gasteiger partial charge in [-0.05, 0) is 6.42 Å². The van der Waals surface area contributed by atoms with E-state index in [4.69, 9.17) is 9.47 Å². The van der Waals surface area contributed by atoms with E-state index in [9.17, 15) is 9.59 Å². The van der Waals surface area contributed by atoms with E-state index in [1.54, 1.807) is 0 Å². The molecule has 3 amide bonds. The molecule has 0 unspecified atom stereocenters. The Kier molecular flexibility index (Phi) is 4.47. The highest BCUT2D eigenvalue weighted by Crippen LogP contribution is 2.28. The molecule has 1 heterocycles. The first kappa shape index (κ1) is 13.9. The van der Waals surface area contributed by atoms with Crippen molar-refractivity contribution in [2.75, 3.05) is 21.3 Å². The summed E-state index contributed by atoms with van der Waals surface area (Å²) in [5.41, 5.74) is -1.09. The monoisotopic (exact) mass is 244 g/mol. The number of rotatable bonds is 6. The van der Waals surface area contributed by atoms with Crippen LogP contribution in [0, 0.1) is 0 Å². The first-order valence-electron chi connectivity index (χ1n) is 5.69. The Morgan fingerprint density at radius 1 is 1.35 bits per heavy atom. The molecular weight excluding hydrogens is 224 g/mol. The number of carbonyl (C=O) groups is 2. The van der Waals surface area contributed by atoms with Crippen LogP contribution in [0.5, 0.6) is 0 Å². The summed E-state index contributed by atoms with van der Waals surface area (Å²) in [4.78, 5) is 24.8. The molecule has 0 spiro atoms. The Labute approximate surface area is 101 Å². The van der Waals surface area contributed by atoms with Crippen LogP contribution < -0.4 is 5.32 Å². The van der Waals surface area contributed by atoms with Crippen molar-refractivity contribution in [2.24, 2.45) is 0 Å². The van der Waals surface area contributed by atoms with Gasteiger partial charge in [0.2, 0.25) is 0 Å². The van der Waals surface area contributed by atoms with Crippen LogP contribution in [-0.2, 0) is 14.3 Å². The zero-order chi connectivity index (χ0) is 13.1. The first-order valence-corrected chi connectivity index (χ1v) is 5.69. The highest BCUT2D eigenvalue weighted by Gasteiger charge is 2.55. The van der Waals surface area contributed by atoms with E-state index < -0.39 is 17.9 Å². The second-order valence-corrected chi connectivity index (χ2v) is 4.17. The second kappa shape index (κ2) is 5.46. The standard InChI is InChI=1S/C11H20N2O4/c1-5-6-7-11(9(16-3)17-4)8(14)13(2)10(15)12-11/h9H,5-7H2,1-4H3,(H,12,15)/t11-/m0/s1. The predicted molar refractivity (Wildman–Crippen MR) is 61.4 cm³/mol. The zero-order valence-electron chi connectivity index (χ0n) is 10.8. The van der Waals surface area contributed by atoms with Crippen molar-refractivity contribution in [3.63, 3.8) is 0 Å². The second-order valence-electron chi connectivity index (χ2n) is 4.17. The Hall–Kier alpha value is -1.14. The lowest BCUT2D eigenvalue weighted by Gasteiger charge is -2.32. The smallest absolute Gasteiger partial charge is 0.324 e. The van der Waals surface area contributed by atoms with Crippen LogP contribution in [0.1, 0.15) is 26.2 Å². The minimum atomic E-state index is -1.09. The van der Waals surface area contributed by atoms with E-state index in [0.717, 1.165) is 17.7 Å². The summed E-state index contributed by atoms with van der Waals surface area (Å²) in [5.74, 6) is -0.301. The molecule has 1 aliphatic heterocycles. The van der Waals surface area contributed by atoms with E-state index in [2.05, 4.69) is 5.32 Å². The van der Waals surface area contributed by atoms with Crippen LogP contribution in [0.25, 0.3) is 0 Å². The summed E-state index contributed by atoms with van der Waals surface area (Å²) in [7, 11) is 4.37. The minimum Gasteiger partial charge on any atom is -0.353 e. The average molecular weight is 244 g/mol. The fraction of sp³-hybridized carbons (Fsp3) is 0.818. The van der Waals surface area contributed by atoms with Gasteiger partial charge in [-0.15, -0.1) is 0 Å². The molecule has 1 fully saturated rings. The molecule has 1 rings (SSSR count). The SMILES string of the molecule is CCCC[C@]1(C(OC)OC)NC(=O)N(C)C1=O. The molecule has 6 nitrogen and oxygen atoms in total. The molecule has 0 aliphatic carbocycles. The molecule has 98 valence electrons. The van der Waals surface area contributed by atoms with Gasteiger partial charge >= 0.3 is 6.03 Å². The third-order valence-corrected chi connectivity index (χ3v) is 3.08. The molecule has 17 heavy (non-hydrogen) atoms. The summed E-state index contributed by atoms with van der Waals surface area (Å²) < 4.78 is 10.3. The molecular formula is C11H20N2O4. The minimum absolute atomic E-state index is 0.301. The van der Waals surface area contributed by atoms with Gasteiger partial charge < -0.3 is 14.8 Å². The van der Waals surface area contributed by atoms with Crippen molar-refractivity contribution in [3.05, 3.63) is 0 Å². The fourth-order valence-electron chi connectivity index (χ4n) is 2.12. The number of carbonyl (C=O) groups excluding carboxylic acids is 2. The predicted octanol–water partition coefficient (Wildman–Crippen LogP) is 0.716.